The van der Waals surface area contributed by atoms with Crippen molar-refractivity contribution in [3.05, 3.63) is 17.5 Å². The number of nitrogens with one attached hydrogen (secondary N) is 1. The van der Waals surface area contributed by atoms with E-state index in [1.54, 1.807) is 6.20 Å². The van der Waals surface area contributed by atoms with Crippen LogP contribution in [0, 0.1) is 24.7 Å². The van der Waals surface area contributed by atoms with Crippen LogP contribution in [-0.2, 0) is 4.74 Å². The summed E-state index contributed by atoms with van der Waals surface area (Å²) in [6.45, 7) is 3.66. The average molecular weight is 333 g/mol. The molecular weight excluding hydrogens is 306 g/mol. The van der Waals surface area contributed by atoms with Crippen molar-refractivity contribution in [3.8, 4) is 0 Å². The number of nitrogens with zero attached hydrogens (tertiary/aromatic N) is 2. The third-order valence-electron chi connectivity index (χ3n) is 6.42. The van der Waals surface area contributed by atoms with Gasteiger partial charge in [-0.15, -0.1) is 0 Å². The molecule has 3 aliphatic rings. The number of amides is 1. The molecule has 1 aromatic rings. The summed E-state index contributed by atoms with van der Waals surface area (Å²) in [5.74, 6) is 1.29. The fourth-order valence-corrected chi connectivity index (χ4v) is 5.07. The second-order valence-corrected chi connectivity index (χ2v) is 7.61. The number of fused-ring (bicyclic) bond motifs is 2. The zero-order chi connectivity index (χ0) is 16.7. The monoisotopic (exact) mass is 333 g/mol. The first-order chi connectivity index (χ1) is 11.7. The summed E-state index contributed by atoms with van der Waals surface area (Å²) in [5, 5.41) is 17.4. The molecule has 132 valence electrons. The van der Waals surface area contributed by atoms with Gasteiger partial charge in [-0.25, -0.2) is 0 Å². The minimum Gasteiger partial charge on any atom is -0.396 e. The van der Waals surface area contributed by atoms with Gasteiger partial charge in [-0.2, -0.15) is 5.10 Å². The number of carbonyl (C=O) groups is 1. The Balaban J connectivity index is 1.48. The first-order valence-electron chi connectivity index (χ1n) is 9.22. The van der Waals surface area contributed by atoms with Crippen molar-refractivity contribution >= 4 is 5.91 Å². The van der Waals surface area contributed by atoms with Gasteiger partial charge in [0.2, 0.25) is 0 Å². The Morgan fingerprint density at radius 1 is 1.33 bits per heavy atom. The Morgan fingerprint density at radius 2 is 2.08 bits per heavy atom. The molecule has 2 bridgehead atoms. The maximum Gasteiger partial charge on any atom is 0.254 e. The summed E-state index contributed by atoms with van der Waals surface area (Å²) in [4.78, 5) is 12.8. The summed E-state index contributed by atoms with van der Waals surface area (Å²) >= 11 is 0. The van der Waals surface area contributed by atoms with Crippen LogP contribution in [0.25, 0.3) is 0 Å². The molecule has 0 aromatic carbocycles. The Hall–Kier alpha value is -1.40. The van der Waals surface area contributed by atoms with Gasteiger partial charge in [0, 0.05) is 37.5 Å². The molecule has 0 spiro atoms. The molecule has 1 aliphatic heterocycles. The van der Waals surface area contributed by atoms with Gasteiger partial charge >= 0.3 is 0 Å². The highest BCUT2D eigenvalue weighted by molar-refractivity contribution is 5.95. The van der Waals surface area contributed by atoms with Crippen LogP contribution in [0.1, 0.15) is 54.2 Å². The second-order valence-electron chi connectivity index (χ2n) is 7.61. The van der Waals surface area contributed by atoms with E-state index in [9.17, 15) is 9.90 Å². The van der Waals surface area contributed by atoms with Crippen molar-refractivity contribution in [2.24, 2.45) is 17.8 Å². The lowest BCUT2D eigenvalue weighted by atomic mass is 9.85. The second kappa shape index (κ2) is 6.48. The van der Waals surface area contributed by atoms with E-state index < -0.39 is 0 Å². The van der Waals surface area contributed by atoms with Crippen molar-refractivity contribution in [1.29, 1.82) is 0 Å². The smallest absolute Gasteiger partial charge is 0.254 e. The minimum absolute atomic E-state index is 0.0400. The average Bonchev–Trinajstić information content (AvgIpc) is 3.30. The summed E-state index contributed by atoms with van der Waals surface area (Å²) in [6, 6.07) is 0.445. The van der Waals surface area contributed by atoms with Crippen molar-refractivity contribution in [1.82, 2.24) is 15.1 Å². The van der Waals surface area contributed by atoms with Crippen molar-refractivity contribution in [3.63, 3.8) is 0 Å². The van der Waals surface area contributed by atoms with Crippen LogP contribution in [-0.4, -0.2) is 46.7 Å². The summed E-state index contributed by atoms with van der Waals surface area (Å²) < 4.78 is 7.40. The largest absolute Gasteiger partial charge is 0.396 e. The first-order valence-corrected chi connectivity index (χ1v) is 9.22. The first kappa shape index (κ1) is 16.1. The maximum absolute atomic E-state index is 12.8. The van der Waals surface area contributed by atoms with Gasteiger partial charge in [-0.3, -0.25) is 9.48 Å². The van der Waals surface area contributed by atoms with E-state index in [-0.39, 0.29) is 24.5 Å². The van der Waals surface area contributed by atoms with Crippen LogP contribution >= 0.6 is 0 Å². The Kier molecular flexibility index (Phi) is 4.35. The third kappa shape index (κ3) is 2.65. The number of rotatable bonds is 4. The van der Waals surface area contributed by atoms with Crippen LogP contribution in [0.4, 0.5) is 0 Å². The fraction of sp³-hybridized carbons (Fsp3) is 0.778. The predicted octanol–water partition coefficient (Wildman–Crippen LogP) is 1.68. The summed E-state index contributed by atoms with van der Waals surface area (Å²) in [5.41, 5.74) is 1.60. The molecule has 1 saturated heterocycles. The highest BCUT2D eigenvalue weighted by atomic mass is 16.5. The molecular formula is C18H27N3O3. The Morgan fingerprint density at radius 3 is 2.83 bits per heavy atom. The van der Waals surface area contributed by atoms with E-state index in [1.165, 1.54) is 12.8 Å². The van der Waals surface area contributed by atoms with Gasteiger partial charge in [0.05, 0.1) is 17.8 Å². The molecule has 4 unspecified atom stereocenters. The molecule has 6 nitrogen and oxygen atoms in total. The number of hydrogen-bond donors (Lipinski definition) is 2. The zero-order valence-electron chi connectivity index (χ0n) is 14.3. The van der Waals surface area contributed by atoms with Crippen LogP contribution in [0.15, 0.2) is 6.20 Å². The molecule has 4 atom stereocenters. The maximum atomic E-state index is 12.8. The van der Waals surface area contributed by atoms with E-state index in [0.717, 1.165) is 38.2 Å². The molecule has 2 aliphatic carbocycles. The van der Waals surface area contributed by atoms with Crippen molar-refractivity contribution < 1.29 is 14.6 Å². The molecule has 2 N–H and O–H groups in total. The van der Waals surface area contributed by atoms with E-state index >= 15 is 0 Å². The number of hydrogen-bond acceptors (Lipinski definition) is 4. The van der Waals surface area contributed by atoms with E-state index in [2.05, 4.69) is 10.4 Å². The topological polar surface area (TPSA) is 76.4 Å². The number of ether oxygens (including phenoxy) is 1. The third-order valence-corrected chi connectivity index (χ3v) is 6.42. The lowest BCUT2D eigenvalue weighted by molar-refractivity contribution is 0.0656. The Bertz CT molecular complexity index is 609. The van der Waals surface area contributed by atoms with E-state index in [4.69, 9.17) is 4.74 Å². The summed E-state index contributed by atoms with van der Waals surface area (Å²) in [7, 11) is 0. The quantitative estimate of drug-likeness (QED) is 0.879. The van der Waals surface area contributed by atoms with Gasteiger partial charge in [-0.05, 0) is 50.9 Å². The SMILES string of the molecule is Cc1c(C(=O)NC2C3CCC(C3)C2CO)cnn1C1CCOCC1. The van der Waals surface area contributed by atoms with Gasteiger partial charge in [0.25, 0.3) is 5.91 Å². The number of aliphatic hydroxyl groups is 1. The highest BCUT2D eigenvalue weighted by Gasteiger charge is 2.47. The lowest BCUT2D eigenvalue weighted by Crippen LogP contribution is -2.45. The van der Waals surface area contributed by atoms with Gasteiger partial charge in [0.15, 0.2) is 0 Å². The lowest BCUT2D eigenvalue weighted by Gasteiger charge is -2.30. The Labute approximate surface area is 142 Å². The number of aromatic nitrogens is 2. The molecule has 1 amide bonds. The van der Waals surface area contributed by atoms with Gasteiger partial charge < -0.3 is 15.2 Å². The van der Waals surface area contributed by atoms with Crippen LogP contribution in [0.3, 0.4) is 0 Å². The molecule has 1 aromatic heterocycles. The van der Waals surface area contributed by atoms with Crippen LogP contribution < -0.4 is 5.32 Å². The molecule has 6 heteroatoms. The van der Waals surface area contributed by atoms with Crippen LogP contribution in [0.5, 0.6) is 0 Å². The van der Waals surface area contributed by atoms with Gasteiger partial charge in [0.1, 0.15) is 0 Å². The van der Waals surface area contributed by atoms with Crippen molar-refractivity contribution in [2.75, 3.05) is 19.8 Å². The highest BCUT2D eigenvalue weighted by Crippen LogP contribution is 2.48. The molecule has 2 saturated carbocycles. The number of aliphatic hydroxyl groups excluding tert-OH is 1. The molecule has 24 heavy (non-hydrogen) atoms. The minimum atomic E-state index is -0.0400. The normalized spacial score (nSPS) is 33.1. The van der Waals surface area contributed by atoms with E-state index in [0.29, 0.717) is 23.4 Å². The fourth-order valence-electron chi connectivity index (χ4n) is 5.07. The molecule has 2 heterocycles. The standard InChI is InChI=1S/C18H27N3O3/c1-11-15(9-19-21(11)14-4-6-24-7-5-14)18(23)20-17-13-3-2-12(8-13)16(17)10-22/h9,12-14,16-17,22H,2-8,10H2,1H3,(H,20,23). The zero-order valence-corrected chi connectivity index (χ0v) is 14.3. The molecule has 3 fully saturated rings. The predicted molar refractivity (Wildman–Crippen MR) is 88.7 cm³/mol. The van der Waals surface area contributed by atoms with Gasteiger partial charge in [-0.1, -0.05) is 0 Å². The van der Waals surface area contributed by atoms with E-state index in [1.807, 2.05) is 11.6 Å². The summed E-state index contributed by atoms with van der Waals surface area (Å²) in [6.07, 6.45) is 7.11. The number of carbonyl (C=O) groups excluding carboxylic acids is 1. The molecule has 4 rings (SSSR count). The van der Waals surface area contributed by atoms with Crippen molar-refractivity contribution in [2.45, 2.75) is 51.1 Å². The molecule has 0 radical (unpaired) electrons. The van der Waals surface area contributed by atoms with Crippen LogP contribution in [0.2, 0.25) is 0 Å².